The number of ether oxygens (including phenoxy) is 2. The normalized spacial score (nSPS) is 26.4. The maximum atomic E-state index is 11.5. The molecule has 0 aliphatic carbocycles. The van der Waals surface area contributed by atoms with Gasteiger partial charge in [0, 0.05) is 11.8 Å². The van der Waals surface area contributed by atoms with Crippen molar-refractivity contribution in [2.45, 2.75) is 66.3 Å². The van der Waals surface area contributed by atoms with Crippen molar-refractivity contribution in [2.24, 2.45) is 17.3 Å². The van der Waals surface area contributed by atoms with Crippen LogP contribution in [-0.4, -0.2) is 29.6 Å². The Bertz CT molecular complexity index is 322. The van der Waals surface area contributed by atoms with Crippen LogP contribution in [0.25, 0.3) is 0 Å². The highest BCUT2D eigenvalue weighted by atomic mass is 16.7. The number of rotatable bonds is 6. The molecule has 3 atom stereocenters. The van der Waals surface area contributed by atoms with E-state index in [-0.39, 0.29) is 11.9 Å². The molecule has 4 nitrogen and oxygen atoms in total. The number of aliphatic hydroxyl groups is 1. The number of esters is 1. The van der Waals surface area contributed by atoms with Gasteiger partial charge in [-0.05, 0) is 25.2 Å². The molecule has 0 spiro atoms. The zero-order valence-electron chi connectivity index (χ0n) is 13.0. The summed E-state index contributed by atoms with van der Waals surface area (Å²) in [4.78, 5) is 11.5. The lowest BCUT2D eigenvalue weighted by molar-refractivity contribution is -0.288. The van der Waals surface area contributed by atoms with Crippen molar-refractivity contribution in [3.63, 3.8) is 0 Å². The molecule has 0 saturated carbocycles. The molecule has 0 radical (unpaired) electrons. The fourth-order valence-corrected chi connectivity index (χ4v) is 2.80. The Kier molecular flexibility index (Phi) is 5.02. The van der Waals surface area contributed by atoms with Gasteiger partial charge < -0.3 is 14.6 Å². The predicted molar refractivity (Wildman–Crippen MR) is 73.5 cm³/mol. The molecule has 19 heavy (non-hydrogen) atoms. The third kappa shape index (κ3) is 3.48. The van der Waals surface area contributed by atoms with Gasteiger partial charge in [-0.25, -0.2) is 4.79 Å². The van der Waals surface area contributed by atoms with Crippen molar-refractivity contribution in [3.05, 3.63) is 0 Å². The molecule has 1 rings (SSSR count). The first-order valence-corrected chi connectivity index (χ1v) is 7.17. The van der Waals surface area contributed by atoms with Gasteiger partial charge in [-0.1, -0.05) is 34.6 Å². The van der Waals surface area contributed by atoms with Gasteiger partial charge in [0.05, 0.1) is 6.61 Å². The van der Waals surface area contributed by atoms with Crippen molar-refractivity contribution < 1.29 is 19.4 Å². The van der Waals surface area contributed by atoms with E-state index in [0.717, 1.165) is 6.42 Å². The van der Waals surface area contributed by atoms with Crippen LogP contribution in [0.1, 0.15) is 54.4 Å². The summed E-state index contributed by atoms with van der Waals surface area (Å²) in [5, 5.41) is 10.8. The fourth-order valence-electron chi connectivity index (χ4n) is 2.80. The first-order chi connectivity index (χ1) is 8.60. The monoisotopic (exact) mass is 272 g/mol. The summed E-state index contributed by atoms with van der Waals surface area (Å²) in [6.07, 6.45) is 0.713. The standard InChI is InChI=1S/C15H28O4/c1-10(2)9-14(5,11(3)4)15(6,17)19-12-7-8-18-13(12)16/h10-12,17H,7-9H2,1-6H3. The molecule has 1 N–H and O–H groups in total. The maximum absolute atomic E-state index is 11.5. The molecule has 1 heterocycles. The molecule has 0 amide bonds. The zero-order chi connectivity index (χ0) is 14.8. The number of cyclic esters (lactones) is 1. The molecular formula is C15H28O4. The summed E-state index contributed by atoms with van der Waals surface area (Å²) in [5.74, 6) is -1.03. The smallest absolute Gasteiger partial charge is 0.335 e. The van der Waals surface area contributed by atoms with E-state index in [1.165, 1.54) is 0 Å². The van der Waals surface area contributed by atoms with Crippen LogP contribution >= 0.6 is 0 Å². The summed E-state index contributed by atoms with van der Waals surface area (Å²) in [7, 11) is 0. The molecule has 4 heteroatoms. The van der Waals surface area contributed by atoms with Crippen molar-refractivity contribution in [1.29, 1.82) is 0 Å². The largest absolute Gasteiger partial charge is 0.464 e. The predicted octanol–water partition coefficient (Wildman–Crippen LogP) is 2.74. The Morgan fingerprint density at radius 3 is 2.32 bits per heavy atom. The minimum atomic E-state index is -1.35. The van der Waals surface area contributed by atoms with Gasteiger partial charge in [-0.2, -0.15) is 0 Å². The minimum absolute atomic E-state index is 0.238. The van der Waals surface area contributed by atoms with Crippen LogP contribution in [0.3, 0.4) is 0 Å². The van der Waals surface area contributed by atoms with Crippen LogP contribution < -0.4 is 0 Å². The summed E-state index contributed by atoms with van der Waals surface area (Å²) < 4.78 is 10.6. The van der Waals surface area contributed by atoms with E-state index >= 15 is 0 Å². The van der Waals surface area contributed by atoms with Crippen molar-refractivity contribution in [2.75, 3.05) is 6.61 Å². The highest BCUT2D eigenvalue weighted by molar-refractivity contribution is 5.76. The SMILES string of the molecule is CC(C)CC(C)(C(C)C)C(C)(O)OC1CCOC1=O. The number of carbonyl (C=O) groups excluding carboxylic acids is 1. The lowest BCUT2D eigenvalue weighted by Crippen LogP contribution is -2.52. The average molecular weight is 272 g/mol. The van der Waals surface area contributed by atoms with E-state index in [4.69, 9.17) is 9.47 Å². The Hall–Kier alpha value is -0.610. The summed E-state index contributed by atoms with van der Waals surface area (Å²) in [6, 6.07) is 0. The maximum Gasteiger partial charge on any atom is 0.335 e. The van der Waals surface area contributed by atoms with Crippen molar-refractivity contribution in [3.8, 4) is 0 Å². The minimum Gasteiger partial charge on any atom is -0.464 e. The summed E-state index contributed by atoms with van der Waals surface area (Å²) in [5.41, 5.74) is -0.413. The van der Waals surface area contributed by atoms with E-state index in [1.807, 2.05) is 6.92 Å². The second-order valence-electron chi connectivity index (χ2n) is 6.72. The highest BCUT2D eigenvalue weighted by Gasteiger charge is 2.49. The number of hydrogen-bond donors (Lipinski definition) is 1. The Morgan fingerprint density at radius 1 is 1.37 bits per heavy atom. The average Bonchev–Trinajstić information content (AvgIpc) is 2.62. The van der Waals surface area contributed by atoms with Gasteiger partial charge in [0.2, 0.25) is 0 Å². The topological polar surface area (TPSA) is 55.8 Å². The van der Waals surface area contributed by atoms with Gasteiger partial charge in [-0.15, -0.1) is 0 Å². The van der Waals surface area contributed by atoms with Crippen molar-refractivity contribution >= 4 is 5.97 Å². The fraction of sp³-hybridized carbons (Fsp3) is 0.933. The van der Waals surface area contributed by atoms with Gasteiger partial charge in [0.25, 0.3) is 0 Å². The van der Waals surface area contributed by atoms with E-state index in [2.05, 4.69) is 27.7 Å². The third-order valence-electron chi connectivity index (χ3n) is 4.43. The van der Waals surface area contributed by atoms with E-state index in [1.54, 1.807) is 6.92 Å². The molecule has 1 aliphatic rings. The lowest BCUT2D eigenvalue weighted by atomic mass is 9.67. The van der Waals surface area contributed by atoms with Gasteiger partial charge in [0.15, 0.2) is 11.9 Å². The first kappa shape index (κ1) is 16.4. The molecule has 112 valence electrons. The van der Waals surface area contributed by atoms with Crippen LogP contribution in [0.2, 0.25) is 0 Å². The Morgan fingerprint density at radius 2 is 1.95 bits per heavy atom. The quantitative estimate of drug-likeness (QED) is 0.596. The second kappa shape index (κ2) is 5.80. The zero-order valence-corrected chi connectivity index (χ0v) is 13.0. The number of carbonyl (C=O) groups is 1. The Balaban J connectivity index is 2.89. The van der Waals surface area contributed by atoms with E-state index in [0.29, 0.717) is 18.9 Å². The van der Waals surface area contributed by atoms with Crippen LogP contribution in [0, 0.1) is 17.3 Å². The molecule has 3 unspecified atom stereocenters. The molecule has 0 aromatic rings. The van der Waals surface area contributed by atoms with Gasteiger partial charge >= 0.3 is 5.97 Å². The molecule has 1 aliphatic heterocycles. The van der Waals surface area contributed by atoms with Crippen LogP contribution in [-0.2, 0) is 14.3 Å². The first-order valence-electron chi connectivity index (χ1n) is 7.17. The van der Waals surface area contributed by atoms with Gasteiger partial charge in [0.1, 0.15) is 0 Å². The molecule has 1 saturated heterocycles. The van der Waals surface area contributed by atoms with E-state index in [9.17, 15) is 9.90 Å². The van der Waals surface area contributed by atoms with E-state index < -0.39 is 17.3 Å². The van der Waals surface area contributed by atoms with Crippen molar-refractivity contribution in [1.82, 2.24) is 0 Å². The molecule has 0 aromatic carbocycles. The molecule has 0 aromatic heterocycles. The molecule has 1 fully saturated rings. The van der Waals surface area contributed by atoms with Crippen LogP contribution in [0.4, 0.5) is 0 Å². The highest BCUT2D eigenvalue weighted by Crippen LogP contribution is 2.45. The third-order valence-corrected chi connectivity index (χ3v) is 4.43. The van der Waals surface area contributed by atoms with Crippen LogP contribution in [0.15, 0.2) is 0 Å². The molecule has 0 bridgehead atoms. The second-order valence-corrected chi connectivity index (χ2v) is 6.72. The van der Waals surface area contributed by atoms with Gasteiger partial charge in [-0.3, -0.25) is 0 Å². The summed E-state index contributed by atoms with van der Waals surface area (Å²) in [6.45, 7) is 12.5. The Labute approximate surface area is 116 Å². The lowest BCUT2D eigenvalue weighted by Gasteiger charge is -2.47. The van der Waals surface area contributed by atoms with Crippen LogP contribution in [0.5, 0.6) is 0 Å². The number of hydrogen-bond acceptors (Lipinski definition) is 4. The molecular weight excluding hydrogens is 244 g/mol. The summed E-state index contributed by atoms with van der Waals surface area (Å²) >= 11 is 0.